The lowest BCUT2D eigenvalue weighted by atomic mass is 10.3. The van der Waals surface area contributed by atoms with E-state index in [1.54, 1.807) is 0 Å². The molecule has 0 atom stereocenters. The van der Waals surface area contributed by atoms with Gasteiger partial charge in [-0.05, 0) is 26.1 Å². The Bertz CT molecular complexity index is 278. The molecule has 0 saturated carbocycles. The molecule has 7 heteroatoms. The third-order valence-corrected chi connectivity index (χ3v) is 3.19. The minimum Gasteiger partial charge on any atom is -0.481 e. The Balaban J connectivity index is 3.27. The van der Waals surface area contributed by atoms with E-state index in [-0.39, 0.29) is 18.7 Å². The van der Waals surface area contributed by atoms with Crippen LogP contribution in [-0.4, -0.2) is 51.7 Å². The molecule has 0 aromatic heterocycles. The van der Waals surface area contributed by atoms with Crippen molar-refractivity contribution in [3.8, 4) is 0 Å². The minimum atomic E-state index is -1.45. The first-order valence-electron chi connectivity index (χ1n) is 6.51. The first kappa shape index (κ1) is 18.1. The van der Waals surface area contributed by atoms with Gasteiger partial charge in [-0.3, -0.25) is 9.59 Å². The van der Waals surface area contributed by atoms with E-state index in [1.807, 2.05) is 0 Å². The molecule has 0 spiro atoms. The van der Waals surface area contributed by atoms with Gasteiger partial charge in [0.05, 0.1) is 19.6 Å². The summed E-state index contributed by atoms with van der Waals surface area (Å²) in [6.07, 6.45) is 0.613. The van der Waals surface area contributed by atoms with Gasteiger partial charge in [-0.25, -0.2) is 0 Å². The highest BCUT2D eigenvalue weighted by atomic mass is 28.4. The summed E-state index contributed by atoms with van der Waals surface area (Å²) in [6.45, 7) is 8.62. The predicted octanol–water partition coefficient (Wildman–Crippen LogP) is 1.23. The van der Waals surface area contributed by atoms with Crippen molar-refractivity contribution in [1.82, 2.24) is 5.32 Å². The fourth-order valence-electron chi connectivity index (χ4n) is 1.22. The largest absolute Gasteiger partial charge is 0.481 e. The Labute approximate surface area is 115 Å². The molecule has 0 aliphatic rings. The van der Waals surface area contributed by atoms with Crippen molar-refractivity contribution in [1.29, 1.82) is 0 Å². The Morgan fingerprint density at radius 2 is 1.79 bits per heavy atom. The molecule has 1 amide bonds. The van der Waals surface area contributed by atoms with E-state index in [4.69, 9.17) is 14.3 Å². The highest BCUT2D eigenvalue weighted by molar-refractivity contribution is 6.69. The van der Waals surface area contributed by atoms with Gasteiger partial charge in [-0.15, -0.1) is 0 Å². The smallest absolute Gasteiger partial charge is 0.303 e. The molecule has 19 heavy (non-hydrogen) atoms. The van der Waals surface area contributed by atoms with Gasteiger partial charge in [-0.2, -0.15) is 0 Å². The van der Waals surface area contributed by atoms with E-state index < -0.39 is 14.3 Å². The van der Waals surface area contributed by atoms with Gasteiger partial charge in [0.25, 0.3) is 0 Å². The van der Waals surface area contributed by atoms with Crippen molar-refractivity contribution in [3.05, 3.63) is 0 Å². The number of hydrogen-bond acceptors (Lipinski definition) is 4. The lowest BCUT2D eigenvalue weighted by Crippen LogP contribution is -2.28. The van der Waals surface area contributed by atoms with Crippen LogP contribution in [-0.2, 0) is 18.8 Å². The van der Waals surface area contributed by atoms with E-state index in [1.165, 1.54) is 0 Å². The van der Waals surface area contributed by atoms with Crippen LogP contribution in [0.15, 0.2) is 0 Å². The van der Waals surface area contributed by atoms with Gasteiger partial charge in [0, 0.05) is 19.6 Å². The predicted molar refractivity (Wildman–Crippen MR) is 74.6 cm³/mol. The second-order valence-corrected chi connectivity index (χ2v) is 9.68. The summed E-state index contributed by atoms with van der Waals surface area (Å²) < 4.78 is 11.0. The van der Waals surface area contributed by atoms with E-state index >= 15 is 0 Å². The zero-order valence-electron chi connectivity index (χ0n) is 12.0. The summed E-state index contributed by atoms with van der Waals surface area (Å²) in [6, 6.07) is 0. The molecular weight excluding hydrogens is 266 g/mol. The number of nitrogens with one attached hydrogen (secondary N) is 1. The molecule has 0 aromatic rings. The molecule has 0 aliphatic heterocycles. The van der Waals surface area contributed by atoms with Crippen LogP contribution in [0.25, 0.3) is 0 Å². The average Bonchev–Trinajstić information content (AvgIpc) is 2.28. The van der Waals surface area contributed by atoms with Crippen molar-refractivity contribution in [2.75, 3.05) is 26.4 Å². The summed E-state index contributed by atoms with van der Waals surface area (Å²) in [4.78, 5) is 21.4. The number of ether oxygens (including phenoxy) is 1. The van der Waals surface area contributed by atoms with E-state index in [0.717, 1.165) is 0 Å². The zero-order chi connectivity index (χ0) is 14.7. The van der Waals surface area contributed by atoms with Crippen molar-refractivity contribution in [3.63, 3.8) is 0 Å². The van der Waals surface area contributed by atoms with Gasteiger partial charge < -0.3 is 19.6 Å². The number of hydrogen-bond donors (Lipinski definition) is 2. The Morgan fingerprint density at radius 3 is 2.37 bits per heavy atom. The summed E-state index contributed by atoms with van der Waals surface area (Å²) >= 11 is 0. The van der Waals surface area contributed by atoms with Crippen LogP contribution in [0.4, 0.5) is 0 Å². The molecule has 0 aliphatic carbocycles. The van der Waals surface area contributed by atoms with Crippen LogP contribution in [0.1, 0.15) is 19.3 Å². The minimum absolute atomic E-state index is 0.0280. The molecular formula is C12H25NO5Si. The third kappa shape index (κ3) is 15.0. The Hall–Kier alpha value is -0.923. The maximum absolute atomic E-state index is 11.2. The first-order valence-corrected chi connectivity index (χ1v) is 9.92. The highest BCUT2D eigenvalue weighted by Crippen LogP contribution is 2.01. The number of aliphatic carboxylic acids is 1. The van der Waals surface area contributed by atoms with Crippen LogP contribution >= 0.6 is 0 Å². The van der Waals surface area contributed by atoms with Crippen molar-refractivity contribution in [2.45, 2.75) is 38.9 Å². The lowest BCUT2D eigenvalue weighted by molar-refractivity contribution is -0.138. The van der Waals surface area contributed by atoms with Crippen LogP contribution in [0.3, 0.4) is 0 Å². The number of rotatable bonds is 11. The second kappa shape index (κ2) is 9.94. The van der Waals surface area contributed by atoms with Gasteiger partial charge in [0.15, 0.2) is 8.32 Å². The highest BCUT2D eigenvalue weighted by Gasteiger charge is 2.13. The Morgan fingerprint density at radius 1 is 1.11 bits per heavy atom. The summed E-state index contributed by atoms with van der Waals surface area (Å²) in [5.74, 6) is -1.19. The van der Waals surface area contributed by atoms with Crippen molar-refractivity contribution < 1.29 is 23.9 Å². The van der Waals surface area contributed by atoms with Gasteiger partial charge in [-0.1, -0.05) is 0 Å². The molecule has 2 N–H and O–H groups in total. The normalized spacial score (nSPS) is 11.3. The molecule has 0 aromatic carbocycles. The summed E-state index contributed by atoms with van der Waals surface area (Å²) in [5.41, 5.74) is 0. The quantitative estimate of drug-likeness (QED) is 0.442. The molecule has 6 nitrogen and oxygen atoms in total. The number of carbonyl (C=O) groups is 2. The number of carboxylic acid groups (broad SMARTS) is 1. The molecule has 0 unspecified atom stereocenters. The fraction of sp³-hybridized carbons (Fsp3) is 0.833. The number of carboxylic acids is 1. The summed E-state index contributed by atoms with van der Waals surface area (Å²) in [7, 11) is -1.45. The van der Waals surface area contributed by atoms with E-state index in [2.05, 4.69) is 25.0 Å². The molecule has 112 valence electrons. The maximum atomic E-state index is 11.2. The van der Waals surface area contributed by atoms with E-state index in [9.17, 15) is 9.59 Å². The van der Waals surface area contributed by atoms with Crippen molar-refractivity contribution in [2.24, 2.45) is 0 Å². The van der Waals surface area contributed by atoms with Gasteiger partial charge >= 0.3 is 5.97 Å². The van der Waals surface area contributed by atoms with Crippen LogP contribution in [0.5, 0.6) is 0 Å². The third-order valence-electron chi connectivity index (χ3n) is 2.12. The topological polar surface area (TPSA) is 84.9 Å². The van der Waals surface area contributed by atoms with Crippen LogP contribution in [0.2, 0.25) is 19.6 Å². The van der Waals surface area contributed by atoms with Crippen molar-refractivity contribution >= 4 is 20.2 Å². The molecule has 0 saturated heterocycles. The maximum Gasteiger partial charge on any atom is 0.303 e. The van der Waals surface area contributed by atoms with E-state index in [0.29, 0.717) is 32.8 Å². The molecule has 0 rings (SSSR count). The second-order valence-electron chi connectivity index (χ2n) is 5.17. The SMILES string of the molecule is C[Si](C)(C)OCCOCCCNC(=O)CCC(=O)O. The monoisotopic (exact) mass is 291 g/mol. The average molecular weight is 291 g/mol. The Kier molecular flexibility index (Phi) is 9.45. The lowest BCUT2D eigenvalue weighted by Gasteiger charge is -2.16. The van der Waals surface area contributed by atoms with Crippen LogP contribution in [0, 0.1) is 0 Å². The van der Waals surface area contributed by atoms with Gasteiger partial charge in [0.1, 0.15) is 0 Å². The molecule has 0 heterocycles. The standard InChI is InChI=1S/C12H25NO5Si/c1-19(2,3)18-10-9-17-8-4-7-13-11(14)5-6-12(15)16/h4-10H2,1-3H3,(H,13,14)(H,15,16). The molecule has 0 bridgehead atoms. The number of carbonyl (C=O) groups excluding carboxylic acids is 1. The molecule has 0 fully saturated rings. The summed E-state index contributed by atoms with van der Waals surface area (Å²) in [5, 5.41) is 11.0. The number of amides is 1. The fourth-order valence-corrected chi connectivity index (χ4v) is 1.92. The van der Waals surface area contributed by atoms with Crippen LogP contribution < -0.4 is 5.32 Å². The zero-order valence-corrected chi connectivity index (χ0v) is 13.0. The molecule has 0 radical (unpaired) electrons. The van der Waals surface area contributed by atoms with Gasteiger partial charge in [0.2, 0.25) is 5.91 Å². The first-order chi connectivity index (χ1) is 8.81.